The number of nitrogens with one attached hydrogen (secondary N) is 2. The second-order valence-electron chi connectivity index (χ2n) is 5.32. The molecule has 0 saturated heterocycles. The molecule has 1 heterocycles. The molecule has 0 saturated carbocycles. The van der Waals surface area contributed by atoms with E-state index in [1.807, 2.05) is 0 Å². The number of hydrogen-bond acceptors (Lipinski definition) is 5. The van der Waals surface area contributed by atoms with Crippen LogP contribution in [0.25, 0.3) is 0 Å². The molecule has 0 aliphatic carbocycles. The summed E-state index contributed by atoms with van der Waals surface area (Å²) in [7, 11) is -3.70. The first-order valence-electron chi connectivity index (χ1n) is 7.45. The molecule has 0 aliphatic heterocycles. The Bertz CT molecular complexity index is 830. The monoisotopic (exact) mass is 382 g/mol. The van der Waals surface area contributed by atoms with Gasteiger partial charge >= 0.3 is 5.97 Å². The molecule has 0 fully saturated rings. The van der Waals surface area contributed by atoms with E-state index in [9.17, 15) is 18.0 Å². The van der Waals surface area contributed by atoms with Crippen LogP contribution in [0.2, 0.25) is 0 Å². The van der Waals surface area contributed by atoms with E-state index in [1.165, 1.54) is 25.1 Å². The molecule has 25 heavy (non-hydrogen) atoms. The summed E-state index contributed by atoms with van der Waals surface area (Å²) in [4.78, 5) is 22.8. The topological polar surface area (TPSA) is 113 Å². The van der Waals surface area contributed by atoms with Gasteiger partial charge in [0.2, 0.25) is 5.91 Å². The molecular weight excluding hydrogens is 364 g/mol. The minimum atomic E-state index is -3.70. The molecule has 0 aliphatic rings. The fraction of sp³-hybridized carbons (Fsp3) is 0.250. The zero-order valence-corrected chi connectivity index (χ0v) is 15.1. The van der Waals surface area contributed by atoms with Gasteiger partial charge in [-0.25, -0.2) is 13.2 Å². The number of sulfonamides is 1. The third-order valence-corrected chi connectivity index (χ3v) is 6.34. The Kier molecular flexibility index (Phi) is 6.29. The van der Waals surface area contributed by atoms with Crippen LogP contribution in [0.4, 0.5) is 0 Å². The summed E-state index contributed by atoms with van der Waals surface area (Å²) < 4.78 is 26.6. The second kappa shape index (κ2) is 8.24. The summed E-state index contributed by atoms with van der Waals surface area (Å²) in [5.41, 5.74) is 1.07. The van der Waals surface area contributed by atoms with Crippen molar-refractivity contribution >= 4 is 33.2 Å². The number of hydrogen-bond donors (Lipinski definition) is 3. The standard InChI is InChI=1S/C16H18N2O5S2/c1-11(18-25(22,23)14-3-2-10-24-14)15(19)17-9-8-12-4-6-13(7-5-12)16(20)21/h2-7,10-11,18H,8-9H2,1H3,(H,17,19)(H,20,21). The number of aromatic carboxylic acids is 1. The number of carboxylic acid groups (broad SMARTS) is 1. The van der Waals surface area contributed by atoms with E-state index in [1.54, 1.807) is 23.6 Å². The highest BCUT2D eigenvalue weighted by Gasteiger charge is 2.22. The van der Waals surface area contributed by atoms with Gasteiger partial charge in [0.15, 0.2) is 0 Å². The quantitative estimate of drug-likeness (QED) is 0.640. The fourth-order valence-electron chi connectivity index (χ4n) is 2.06. The molecule has 0 radical (unpaired) electrons. The lowest BCUT2D eigenvalue weighted by atomic mass is 10.1. The van der Waals surface area contributed by atoms with Gasteiger partial charge in [0.25, 0.3) is 10.0 Å². The van der Waals surface area contributed by atoms with Crippen LogP contribution in [0, 0.1) is 0 Å². The molecule has 3 N–H and O–H groups in total. The second-order valence-corrected chi connectivity index (χ2v) is 8.21. The van der Waals surface area contributed by atoms with E-state index >= 15 is 0 Å². The van der Waals surface area contributed by atoms with Gasteiger partial charge in [0.1, 0.15) is 4.21 Å². The van der Waals surface area contributed by atoms with Crippen molar-refractivity contribution in [1.82, 2.24) is 10.0 Å². The van der Waals surface area contributed by atoms with Crippen molar-refractivity contribution in [3.63, 3.8) is 0 Å². The minimum absolute atomic E-state index is 0.158. The van der Waals surface area contributed by atoms with E-state index in [4.69, 9.17) is 5.11 Å². The number of carboxylic acids is 1. The van der Waals surface area contributed by atoms with Gasteiger partial charge in [-0.05, 0) is 42.5 Å². The lowest BCUT2D eigenvalue weighted by Crippen LogP contribution is -2.45. The molecule has 1 amide bonds. The third kappa shape index (κ3) is 5.38. The first kappa shape index (κ1) is 19.1. The largest absolute Gasteiger partial charge is 0.478 e. The molecule has 9 heteroatoms. The number of carbonyl (C=O) groups is 2. The Morgan fingerprint density at radius 2 is 1.88 bits per heavy atom. The summed E-state index contributed by atoms with van der Waals surface area (Å²) in [5.74, 6) is -1.42. The summed E-state index contributed by atoms with van der Waals surface area (Å²) in [5, 5.41) is 13.1. The van der Waals surface area contributed by atoms with Crippen molar-refractivity contribution in [3.8, 4) is 0 Å². The zero-order chi connectivity index (χ0) is 18.4. The first-order chi connectivity index (χ1) is 11.8. The lowest BCUT2D eigenvalue weighted by molar-refractivity contribution is -0.122. The van der Waals surface area contributed by atoms with Gasteiger partial charge in [-0.15, -0.1) is 11.3 Å². The molecule has 134 valence electrons. The van der Waals surface area contributed by atoms with Gasteiger partial charge in [-0.3, -0.25) is 4.79 Å². The van der Waals surface area contributed by atoms with E-state index in [-0.39, 0.29) is 9.77 Å². The van der Waals surface area contributed by atoms with Crippen molar-refractivity contribution in [2.45, 2.75) is 23.6 Å². The van der Waals surface area contributed by atoms with Crippen molar-refractivity contribution in [2.75, 3.05) is 6.54 Å². The molecule has 2 rings (SSSR count). The summed E-state index contributed by atoms with van der Waals surface area (Å²) >= 11 is 1.08. The number of thiophene rings is 1. The average molecular weight is 382 g/mol. The molecule has 1 unspecified atom stereocenters. The molecule has 1 aromatic carbocycles. The highest BCUT2D eigenvalue weighted by molar-refractivity contribution is 7.91. The maximum absolute atomic E-state index is 12.1. The Morgan fingerprint density at radius 3 is 2.44 bits per heavy atom. The summed E-state index contributed by atoms with van der Waals surface area (Å²) in [6.45, 7) is 1.79. The van der Waals surface area contributed by atoms with Crippen LogP contribution in [0.5, 0.6) is 0 Å². The Hall–Kier alpha value is -2.23. The maximum atomic E-state index is 12.1. The van der Waals surface area contributed by atoms with E-state index in [2.05, 4.69) is 10.0 Å². The Balaban J connectivity index is 1.82. The van der Waals surface area contributed by atoms with E-state index in [0.29, 0.717) is 13.0 Å². The third-order valence-electron chi connectivity index (χ3n) is 3.40. The minimum Gasteiger partial charge on any atom is -0.478 e. The van der Waals surface area contributed by atoms with Gasteiger partial charge in [0, 0.05) is 6.54 Å². The van der Waals surface area contributed by atoms with E-state index in [0.717, 1.165) is 16.9 Å². The van der Waals surface area contributed by atoms with Gasteiger partial charge in [-0.1, -0.05) is 18.2 Å². The first-order valence-corrected chi connectivity index (χ1v) is 9.81. The number of benzene rings is 1. The molecule has 1 atom stereocenters. The van der Waals surface area contributed by atoms with Crippen molar-refractivity contribution < 1.29 is 23.1 Å². The predicted octanol–water partition coefficient (Wildman–Crippen LogP) is 1.47. The van der Waals surface area contributed by atoms with Crippen LogP contribution in [0.1, 0.15) is 22.8 Å². The Morgan fingerprint density at radius 1 is 1.20 bits per heavy atom. The van der Waals surface area contributed by atoms with Crippen LogP contribution in [-0.4, -0.2) is 38.0 Å². The fourth-order valence-corrected chi connectivity index (χ4v) is 4.27. The average Bonchev–Trinajstić information content (AvgIpc) is 3.10. The van der Waals surface area contributed by atoms with Gasteiger partial charge < -0.3 is 10.4 Å². The van der Waals surface area contributed by atoms with Gasteiger partial charge in [0.05, 0.1) is 11.6 Å². The van der Waals surface area contributed by atoms with E-state index < -0.39 is 27.9 Å². The van der Waals surface area contributed by atoms with Crippen molar-refractivity contribution in [2.24, 2.45) is 0 Å². The summed E-state index contributed by atoms with van der Waals surface area (Å²) in [6, 6.07) is 8.55. The molecular formula is C16H18N2O5S2. The molecule has 2 aromatic rings. The smallest absolute Gasteiger partial charge is 0.335 e. The van der Waals surface area contributed by atoms with Crippen LogP contribution in [0.3, 0.4) is 0 Å². The van der Waals surface area contributed by atoms with Crippen molar-refractivity contribution in [3.05, 3.63) is 52.9 Å². The number of carbonyl (C=O) groups excluding carboxylic acids is 1. The molecule has 0 bridgehead atoms. The van der Waals surface area contributed by atoms with Crippen LogP contribution in [0.15, 0.2) is 46.0 Å². The SMILES string of the molecule is CC(NS(=O)(=O)c1cccs1)C(=O)NCCc1ccc(C(=O)O)cc1. The lowest BCUT2D eigenvalue weighted by Gasteiger charge is -2.13. The molecule has 1 aromatic heterocycles. The van der Waals surface area contributed by atoms with Crippen molar-refractivity contribution in [1.29, 1.82) is 0 Å². The Labute approximate surface area is 149 Å². The highest BCUT2D eigenvalue weighted by Crippen LogP contribution is 2.15. The van der Waals surface area contributed by atoms with Crippen LogP contribution >= 0.6 is 11.3 Å². The van der Waals surface area contributed by atoms with Crippen LogP contribution < -0.4 is 10.0 Å². The number of rotatable bonds is 8. The molecule has 7 nitrogen and oxygen atoms in total. The maximum Gasteiger partial charge on any atom is 0.335 e. The molecule has 0 spiro atoms. The number of amides is 1. The zero-order valence-electron chi connectivity index (χ0n) is 13.4. The summed E-state index contributed by atoms with van der Waals surface area (Å²) in [6.07, 6.45) is 0.510. The predicted molar refractivity (Wildman–Crippen MR) is 94.2 cm³/mol. The highest BCUT2D eigenvalue weighted by atomic mass is 32.2. The normalized spacial score (nSPS) is 12.5. The van der Waals surface area contributed by atoms with Crippen LogP contribution in [-0.2, 0) is 21.2 Å². The van der Waals surface area contributed by atoms with Gasteiger partial charge in [-0.2, -0.15) is 4.72 Å².